The Labute approximate surface area is 160 Å². The number of β-amino-alcohol motifs (C(OH)–C–C–N with tert-alkyl or cyclic N) is 1. The highest BCUT2D eigenvalue weighted by molar-refractivity contribution is 5.28. The predicted octanol–water partition coefficient (Wildman–Crippen LogP) is 1.18. The van der Waals surface area contributed by atoms with Gasteiger partial charge in [0.15, 0.2) is 0 Å². The Hall–Kier alpha value is -2.06. The van der Waals surface area contributed by atoms with Gasteiger partial charge in [-0.05, 0) is 30.8 Å². The van der Waals surface area contributed by atoms with Crippen LogP contribution in [0.4, 0.5) is 0 Å². The molecule has 0 aliphatic carbocycles. The maximum absolute atomic E-state index is 10.2. The quantitative estimate of drug-likeness (QED) is 0.709. The Morgan fingerprint density at radius 3 is 2.89 bits per heavy atom. The molecule has 1 aliphatic heterocycles. The summed E-state index contributed by atoms with van der Waals surface area (Å²) in [6.07, 6.45) is 2.82. The van der Waals surface area contributed by atoms with E-state index in [4.69, 9.17) is 9.47 Å². The summed E-state index contributed by atoms with van der Waals surface area (Å²) in [5.74, 6) is 0.781. The third kappa shape index (κ3) is 6.88. The lowest BCUT2D eigenvalue weighted by Gasteiger charge is -2.28. The second kappa shape index (κ2) is 10.3. The Morgan fingerprint density at radius 1 is 1.26 bits per heavy atom. The van der Waals surface area contributed by atoms with Crippen molar-refractivity contribution in [2.75, 3.05) is 46.5 Å². The van der Waals surface area contributed by atoms with Crippen molar-refractivity contribution < 1.29 is 14.6 Å². The van der Waals surface area contributed by atoms with Gasteiger partial charge in [0.1, 0.15) is 24.8 Å². The monoisotopic (exact) mass is 372 g/mol. The lowest BCUT2D eigenvalue weighted by atomic mass is 10.2. The van der Waals surface area contributed by atoms with Crippen LogP contribution in [0.3, 0.4) is 0 Å². The fourth-order valence-electron chi connectivity index (χ4n) is 3.12. The van der Waals surface area contributed by atoms with Gasteiger partial charge < -0.3 is 14.6 Å². The van der Waals surface area contributed by atoms with E-state index < -0.39 is 6.10 Å². The van der Waals surface area contributed by atoms with Gasteiger partial charge in [-0.2, -0.15) is 0 Å². The molecule has 0 spiro atoms. The van der Waals surface area contributed by atoms with Crippen molar-refractivity contribution in [3.8, 4) is 5.75 Å². The molecule has 146 valence electrons. The zero-order valence-electron chi connectivity index (χ0n) is 15.8. The SMILES string of the molecule is CN(Cc1cccc(OCC(O)CN2CCOCC2)c1)Cc1ccncn1. The highest BCUT2D eigenvalue weighted by atomic mass is 16.5. The number of aliphatic hydroxyl groups excluding tert-OH is 1. The largest absolute Gasteiger partial charge is 0.491 e. The van der Waals surface area contributed by atoms with Crippen molar-refractivity contribution >= 4 is 0 Å². The van der Waals surface area contributed by atoms with Gasteiger partial charge >= 0.3 is 0 Å². The molecule has 1 aliphatic rings. The van der Waals surface area contributed by atoms with Crippen molar-refractivity contribution in [1.29, 1.82) is 0 Å². The van der Waals surface area contributed by atoms with E-state index in [2.05, 4.69) is 32.9 Å². The molecule has 7 heteroatoms. The van der Waals surface area contributed by atoms with Gasteiger partial charge in [0.2, 0.25) is 0 Å². The lowest BCUT2D eigenvalue weighted by molar-refractivity contribution is 0.00464. The van der Waals surface area contributed by atoms with E-state index in [0.29, 0.717) is 6.54 Å². The first-order valence-corrected chi connectivity index (χ1v) is 9.32. The first kappa shape index (κ1) is 19.7. The summed E-state index contributed by atoms with van der Waals surface area (Å²) >= 11 is 0. The van der Waals surface area contributed by atoms with Crippen molar-refractivity contribution in [3.63, 3.8) is 0 Å². The number of aliphatic hydroxyl groups is 1. The van der Waals surface area contributed by atoms with E-state index in [9.17, 15) is 5.11 Å². The molecule has 2 heterocycles. The zero-order valence-corrected chi connectivity index (χ0v) is 15.8. The molecule has 0 radical (unpaired) electrons. The topological polar surface area (TPSA) is 71.0 Å². The first-order chi connectivity index (χ1) is 13.2. The maximum atomic E-state index is 10.2. The van der Waals surface area contributed by atoms with Crippen LogP contribution in [-0.4, -0.2) is 77.5 Å². The summed E-state index contributed by atoms with van der Waals surface area (Å²) in [4.78, 5) is 12.6. The van der Waals surface area contributed by atoms with E-state index in [1.165, 1.54) is 0 Å². The summed E-state index contributed by atoms with van der Waals surface area (Å²) in [6.45, 7) is 5.65. The van der Waals surface area contributed by atoms with Crippen LogP contribution < -0.4 is 4.74 Å². The number of benzene rings is 1. The lowest BCUT2D eigenvalue weighted by Crippen LogP contribution is -2.42. The second-order valence-electron chi connectivity index (χ2n) is 6.90. The highest BCUT2D eigenvalue weighted by Crippen LogP contribution is 2.16. The molecule has 3 rings (SSSR count). The minimum Gasteiger partial charge on any atom is -0.491 e. The minimum atomic E-state index is -0.507. The molecule has 2 aromatic rings. The van der Waals surface area contributed by atoms with Crippen molar-refractivity contribution in [3.05, 3.63) is 54.1 Å². The Bertz CT molecular complexity index is 680. The van der Waals surface area contributed by atoms with Gasteiger partial charge in [-0.25, -0.2) is 9.97 Å². The predicted molar refractivity (Wildman–Crippen MR) is 102 cm³/mol. The number of hydrogen-bond acceptors (Lipinski definition) is 7. The van der Waals surface area contributed by atoms with E-state index in [1.54, 1.807) is 12.5 Å². The van der Waals surface area contributed by atoms with Crippen LogP contribution in [0.5, 0.6) is 5.75 Å². The third-order valence-corrected chi connectivity index (χ3v) is 4.44. The molecule has 0 saturated carbocycles. The molecule has 1 saturated heterocycles. The van der Waals surface area contributed by atoms with E-state index in [0.717, 1.165) is 56.4 Å². The molecule has 7 nitrogen and oxygen atoms in total. The molecule has 1 unspecified atom stereocenters. The molecule has 1 fully saturated rings. The Morgan fingerprint density at radius 2 is 2.11 bits per heavy atom. The van der Waals surface area contributed by atoms with Crippen LogP contribution in [0.25, 0.3) is 0 Å². The number of morpholine rings is 1. The molecule has 0 bridgehead atoms. The summed E-state index contributed by atoms with van der Waals surface area (Å²) < 4.78 is 11.1. The summed E-state index contributed by atoms with van der Waals surface area (Å²) in [7, 11) is 2.06. The van der Waals surface area contributed by atoms with Crippen molar-refractivity contribution in [1.82, 2.24) is 19.8 Å². The second-order valence-corrected chi connectivity index (χ2v) is 6.90. The fraction of sp³-hybridized carbons (Fsp3) is 0.500. The van der Waals surface area contributed by atoms with Gasteiger partial charge in [0.05, 0.1) is 18.9 Å². The smallest absolute Gasteiger partial charge is 0.119 e. The van der Waals surface area contributed by atoms with E-state index >= 15 is 0 Å². The van der Waals surface area contributed by atoms with Crippen LogP contribution in [0.2, 0.25) is 0 Å². The van der Waals surface area contributed by atoms with E-state index in [-0.39, 0.29) is 6.61 Å². The van der Waals surface area contributed by atoms with E-state index in [1.807, 2.05) is 24.3 Å². The molecular weight excluding hydrogens is 344 g/mol. The number of hydrogen-bond donors (Lipinski definition) is 1. The highest BCUT2D eigenvalue weighted by Gasteiger charge is 2.15. The van der Waals surface area contributed by atoms with Crippen LogP contribution in [-0.2, 0) is 17.8 Å². The molecule has 1 aromatic carbocycles. The van der Waals surface area contributed by atoms with Gasteiger partial charge in [0, 0.05) is 38.9 Å². The average molecular weight is 372 g/mol. The number of rotatable bonds is 9. The fourth-order valence-corrected chi connectivity index (χ4v) is 3.12. The van der Waals surface area contributed by atoms with Crippen LogP contribution in [0.15, 0.2) is 42.9 Å². The summed E-state index contributed by atoms with van der Waals surface area (Å²) in [5, 5.41) is 10.2. The third-order valence-electron chi connectivity index (χ3n) is 4.44. The first-order valence-electron chi connectivity index (χ1n) is 9.32. The molecule has 1 atom stereocenters. The number of aromatic nitrogens is 2. The van der Waals surface area contributed by atoms with Crippen LogP contribution in [0.1, 0.15) is 11.3 Å². The summed E-state index contributed by atoms with van der Waals surface area (Å²) in [5.41, 5.74) is 2.15. The molecule has 1 N–H and O–H groups in total. The van der Waals surface area contributed by atoms with Gasteiger partial charge in [-0.15, -0.1) is 0 Å². The van der Waals surface area contributed by atoms with Crippen LogP contribution in [0, 0.1) is 0 Å². The van der Waals surface area contributed by atoms with Crippen molar-refractivity contribution in [2.45, 2.75) is 19.2 Å². The minimum absolute atomic E-state index is 0.289. The van der Waals surface area contributed by atoms with Gasteiger partial charge in [-0.3, -0.25) is 9.80 Å². The molecule has 1 aromatic heterocycles. The van der Waals surface area contributed by atoms with Gasteiger partial charge in [0.25, 0.3) is 0 Å². The normalized spacial score (nSPS) is 16.4. The Kier molecular flexibility index (Phi) is 7.53. The Balaban J connectivity index is 1.45. The van der Waals surface area contributed by atoms with Crippen molar-refractivity contribution in [2.24, 2.45) is 0 Å². The van der Waals surface area contributed by atoms with Crippen LogP contribution >= 0.6 is 0 Å². The molecule has 27 heavy (non-hydrogen) atoms. The number of nitrogens with zero attached hydrogens (tertiary/aromatic N) is 4. The molecular formula is C20H28N4O3. The van der Waals surface area contributed by atoms with Gasteiger partial charge in [-0.1, -0.05) is 12.1 Å². The molecule has 0 amide bonds. The standard InChI is InChI=1S/C20H28N4O3/c1-23(13-18-5-6-21-16-22-18)12-17-3-2-4-20(11-17)27-15-19(25)14-24-7-9-26-10-8-24/h2-6,11,16,19,25H,7-10,12-15H2,1H3. The maximum Gasteiger partial charge on any atom is 0.119 e. The zero-order chi connectivity index (χ0) is 18.9. The number of ether oxygens (including phenoxy) is 2. The summed E-state index contributed by atoms with van der Waals surface area (Å²) in [6, 6.07) is 9.93. The average Bonchev–Trinajstić information content (AvgIpc) is 2.68.